The minimum atomic E-state index is -0.305. The molecule has 0 aliphatic heterocycles. The third-order valence-corrected chi connectivity index (χ3v) is 1.55. The Kier molecular flexibility index (Phi) is 3.97. The normalized spacial score (nSPS) is 10.2. The van der Waals surface area contributed by atoms with Crippen LogP contribution in [0.4, 0.5) is 4.39 Å². The van der Waals surface area contributed by atoms with Crippen molar-refractivity contribution in [3.05, 3.63) is 29.8 Å². The molecule has 1 aromatic rings. The lowest BCUT2D eigenvalue weighted by molar-refractivity contribution is 0.614. The highest BCUT2D eigenvalue weighted by Crippen LogP contribution is 1.99. The second-order valence-electron chi connectivity index (χ2n) is 2.38. The van der Waals surface area contributed by atoms with Crippen LogP contribution in [0, 0.1) is 5.82 Å². The maximum atomic E-state index is 12.6. The van der Waals surface area contributed by atoms with Crippen molar-refractivity contribution in [1.82, 2.24) is 10.3 Å². The van der Waals surface area contributed by atoms with Gasteiger partial charge in [-0.15, -0.1) is 11.6 Å². The summed E-state index contributed by atoms with van der Waals surface area (Å²) in [6, 6.07) is 1.45. The fraction of sp³-hybridized carbons (Fsp3) is 0.375. The molecule has 2 nitrogen and oxygen atoms in total. The van der Waals surface area contributed by atoms with Gasteiger partial charge in [-0.25, -0.2) is 4.39 Å². The van der Waals surface area contributed by atoms with Crippen LogP contribution in [0.5, 0.6) is 0 Å². The Morgan fingerprint density at radius 1 is 1.50 bits per heavy atom. The van der Waals surface area contributed by atoms with E-state index in [4.69, 9.17) is 11.6 Å². The highest BCUT2D eigenvalue weighted by Gasteiger charge is 1.94. The van der Waals surface area contributed by atoms with Crippen molar-refractivity contribution in [1.29, 1.82) is 0 Å². The van der Waals surface area contributed by atoms with E-state index in [0.717, 1.165) is 12.1 Å². The van der Waals surface area contributed by atoms with Crippen molar-refractivity contribution in [2.24, 2.45) is 0 Å². The summed E-state index contributed by atoms with van der Waals surface area (Å²) in [5, 5.41) is 3.04. The fourth-order valence-electron chi connectivity index (χ4n) is 0.852. The summed E-state index contributed by atoms with van der Waals surface area (Å²) >= 11 is 5.45. The van der Waals surface area contributed by atoms with Crippen molar-refractivity contribution < 1.29 is 4.39 Å². The van der Waals surface area contributed by atoms with Gasteiger partial charge in [0.05, 0.1) is 6.20 Å². The molecule has 12 heavy (non-hydrogen) atoms. The molecule has 1 rings (SSSR count). The molecule has 0 fully saturated rings. The van der Waals surface area contributed by atoms with Crippen LogP contribution in [0.1, 0.15) is 5.56 Å². The summed E-state index contributed by atoms with van der Waals surface area (Å²) in [5.41, 5.74) is 0.833. The lowest BCUT2D eigenvalue weighted by atomic mass is 10.3. The van der Waals surface area contributed by atoms with E-state index in [-0.39, 0.29) is 5.82 Å². The fourth-order valence-corrected chi connectivity index (χ4v) is 0.986. The lowest BCUT2D eigenvalue weighted by Crippen LogP contribution is -2.15. The van der Waals surface area contributed by atoms with Crippen LogP contribution in [0.25, 0.3) is 0 Å². The standard InChI is InChI=1S/C8H10ClFN2/c9-1-2-11-4-7-3-8(10)6-12-5-7/h3,5-6,11H,1-2,4H2. The van der Waals surface area contributed by atoms with Crippen LogP contribution in [-0.2, 0) is 6.54 Å². The topological polar surface area (TPSA) is 24.9 Å². The summed E-state index contributed by atoms with van der Waals surface area (Å²) in [7, 11) is 0. The Balaban J connectivity index is 2.41. The Hall–Kier alpha value is -0.670. The van der Waals surface area contributed by atoms with Crippen LogP contribution >= 0.6 is 11.6 Å². The van der Waals surface area contributed by atoms with E-state index >= 15 is 0 Å². The molecule has 4 heteroatoms. The van der Waals surface area contributed by atoms with Gasteiger partial charge < -0.3 is 5.32 Å². The van der Waals surface area contributed by atoms with Crippen molar-refractivity contribution >= 4 is 11.6 Å². The van der Waals surface area contributed by atoms with Gasteiger partial charge in [-0.2, -0.15) is 0 Å². The van der Waals surface area contributed by atoms with E-state index in [9.17, 15) is 4.39 Å². The lowest BCUT2D eigenvalue weighted by Gasteiger charge is -2.01. The van der Waals surface area contributed by atoms with Crippen LogP contribution in [0.3, 0.4) is 0 Å². The molecule has 0 saturated carbocycles. The average molecular weight is 189 g/mol. The molecule has 0 amide bonds. The maximum absolute atomic E-state index is 12.6. The Bertz CT molecular complexity index is 242. The molecule has 1 aromatic heterocycles. The number of aromatic nitrogens is 1. The molecule has 0 aromatic carbocycles. The summed E-state index contributed by atoms with van der Waals surface area (Å²) < 4.78 is 12.6. The number of nitrogens with zero attached hydrogens (tertiary/aromatic N) is 1. The maximum Gasteiger partial charge on any atom is 0.141 e. The number of hydrogen-bond acceptors (Lipinski definition) is 2. The van der Waals surface area contributed by atoms with Gasteiger partial charge in [0.25, 0.3) is 0 Å². The van der Waals surface area contributed by atoms with Gasteiger partial charge in [0.2, 0.25) is 0 Å². The second kappa shape index (κ2) is 5.06. The van der Waals surface area contributed by atoms with Gasteiger partial charge in [-0.05, 0) is 11.6 Å². The largest absolute Gasteiger partial charge is 0.311 e. The smallest absolute Gasteiger partial charge is 0.141 e. The van der Waals surface area contributed by atoms with Gasteiger partial charge >= 0.3 is 0 Å². The predicted molar refractivity (Wildman–Crippen MR) is 46.6 cm³/mol. The summed E-state index contributed by atoms with van der Waals surface area (Å²) in [4.78, 5) is 3.71. The zero-order valence-corrected chi connectivity index (χ0v) is 7.31. The van der Waals surface area contributed by atoms with Gasteiger partial charge in [-0.3, -0.25) is 4.98 Å². The number of rotatable bonds is 4. The van der Waals surface area contributed by atoms with Gasteiger partial charge in [-0.1, -0.05) is 0 Å². The Labute approximate surface area is 75.8 Å². The summed E-state index contributed by atoms with van der Waals surface area (Å²) in [5.74, 6) is 0.253. The van der Waals surface area contributed by atoms with Crippen LogP contribution in [0.2, 0.25) is 0 Å². The molecular weight excluding hydrogens is 179 g/mol. The molecule has 0 spiro atoms. The van der Waals surface area contributed by atoms with Gasteiger partial charge in [0, 0.05) is 25.2 Å². The molecule has 1 heterocycles. The number of alkyl halides is 1. The number of pyridine rings is 1. The van der Waals surface area contributed by atoms with E-state index < -0.39 is 0 Å². The molecular formula is C8H10ClFN2. The zero-order valence-electron chi connectivity index (χ0n) is 6.56. The molecule has 66 valence electrons. The molecule has 0 radical (unpaired) electrons. The first-order chi connectivity index (χ1) is 5.83. The van der Waals surface area contributed by atoms with Crippen molar-refractivity contribution in [3.63, 3.8) is 0 Å². The molecule has 0 aliphatic rings. The molecule has 0 unspecified atom stereocenters. The quantitative estimate of drug-likeness (QED) is 0.573. The minimum Gasteiger partial charge on any atom is -0.311 e. The van der Waals surface area contributed by atoms with Crippen LogP contribution < -0.4 is 5.32 Å². The Morgan fingerprint density at radius 2 is 2.33 bits per heavy atom. The molecule has 0 saturated heterocycles. The first kappa shape index (κ1) is 9.42. The monoisotopic (exact) mass is 188 g/mol. The van der Waals surface area contributed by atoms with E-state index in [2.05, 4.69) is 10.3 Å². The van der Waals surface area contributed by atoms with E-state index in [0.29, 0.717) is 12.4 Å². The van der Waals surface area contributed by atoms with Crippen molar-refractivity contribution in [2.45, 2.75) is 6.54 Å². The number of nitrogens with one attached hydrogen (secondary N) is 1. The first-order valence-electron chi connectivity index (χ1n) is 3.69. The van der Waals surface area contributed by atoms with E-state index in [1.165, 1.54) is 12.3 Å². The van der Waals surface area contributed by atoms with Gasteiger partial charge in [0.1, 0.15) is 5.82 Å². The Morgan fingerprint density at radius 3 is 3.00 bits per heavy atom. The minimum absolute atomic E-state index is 0.305. The van der Waals surface area contributed by atoms with E-state index in [1.807, 2.05) is 0 Å². The van der Waals surface area contributed by atoms with Gasteiger partial charge in [0.15, 0.2) is 0 Å². The van der Waals surface area contributed by atoms with Crippen molar-refractivity contribution in [2.75, 3.05) is 12.4 Å². The highest BCUT2D eigenvalue weighted by molar-refractivity contribution is 6.18. The van der Waals surface area contributed by atoms with Crippen molar-refractivity contribution in [3.8, 4) is 0 Å². The third kappa shape index (κ3) is 3.15. The zero-order chi connectivity index (χ0) is 8.81. The second-order valence-corrected chi connectivity index (χ2v) is 2.76. The molecule has 0 bridgehead atoms. The summed E-state index contributed by atoms with van der Waals surface area (Å²) in [6.07, 6.45) is 2.81. The SMILES string of the molecule is Fc1cncc(CNCCCl)c1. The molecule has 1 N–H and O–H groups in total. The van der Waals surface area contributed by atoms with E-state index in [1.54, 1.807) is 6.20 Å². The van der Waals surface area contributed by atoms with Crippen LogP contribution in [-0.4, -0.2) is 17.4 Å². The summed E-state index contributed by atoms with van der Waals surface area (Å²) in [6.45, 7) is 1.33. The number of halogens is 2. The van der Waals surface area contributed by atoms with Crippen LogP contribution in [0.15, 0.2) is 18.5 Å². The first-order valence-corrected chi connectivity index (χ1v) is 4.22. The predicted octanol–water partition coefficient (Wildman–Crippen LogP) is 1.55. The molecule has 0 atom stereocenters. The number of hydrogen-bond donors (Lipinski definition) is 1. The third-order valence-electron chi connectivity index (χ3n) is 1.36. The molecule has 0 aliphatic carbocycles. The average Bonchev–Trinajstić information content (AvgIpc) is 2.05. The highest BCUT2D eigenvalue weighted by atomic mass is 35.5.